The van der Waals surface area contributed by atoms with Crippen LogP contribution >= 0.6 is 0 Å². The van der Waals surface area contributed by atoms with E-state index in [1.54, 1.807) is 16.4 Å². The Morgan fingerprint density at radius 2 is 1.53 bits per heavy atom. The molecule has 2 N–H and O–H groups in total. The second-order valence-corrected chi connectivity index (χ2v) is 8.73. The second kappa shape index (κ2) is 10.1. The first-order chi connectivity index (χ1) is 17.3. The number of hydrogen-bond acceptors (Lipinski definition) is 4. The molecule has 0 aliphatic rings. The summed E-state index contributed by atoms with van der Waals surface area (Å²) in [6.45, 7) is 4.12. The van der Waals surface area contributed by atoms with Gasteiger partial charge >= 0.3 is 5.97 Å². The summed E-state index contributed by atoms with van der Waals surface area (Å²) in [7, 11) is 3.14. The Morgan fingerprint density at radius 3 is 2.11 bits per heavy atom. The Labute approximate surface area is 209 Å². The van der Waals surface area contributed by atoms with Crippen LogP contribution in [0.1, 0.15) is 39.4 Å². The van der Waals surface area contributed by atoms with Gasteiger partial charge in [-0.15, -0.1) is 0 Å². The van der Waals surface area contributed by atoms with Gasteiger partial charge < -0.3 is 15.0 Å². The minimum absolute atomic E-state index is 0.0959. The summed E-state index contributed by atoms with van der Waals surface area (Å²) in [6.07, 6.45) is 0.376. The minimum atomic E-state index is -0.623. The van der Waals surface area contributed by atoms with E-state index < -0.39 is 5.91 Å². The fraction of sp³-hybridized carbons (Fsp3) is 0.250. The summed E-state index contributed by atoms with van der Waals surface area (Å²) < 4.78 is 10.2. The van der Waals surface area contributed by atoms with Crippen molar-refractivity contribution in [2.75, 3.05) is 7.11 Å². The maximum atomic E-state index is 13.9. The summed E-state index contributed by atoms with van der Waals surface area (Å²) in [4.78, 5) is 38.8. The van der Waals surface area contributed by atoms with Gasteiger partial charge in [0.2, 0.25) is 0 Å². The molecule has 0 saturated carbocycles. The number of primary amides is 1. The Bertz CT molecular complexity index is 1480. The van der Waals surface area contributed by atoms with Crippen LogP contribution in [0.5, 0.6) is 0 Å². The number of benzene rings is 2. The zero-order valence-corrected chi connectivity index (χ0v) is 20.9. The van der Waals surface area contributed by atoms with Crippen LogP contribution < -0.4 is 11.3 Å². The number of ether oxygens (including phenoxy) is 1. The van der Waals surface area contributed by atoms with E-state index in [-0.39, 0.29) is 29.9 Å². The number of carbonyl (C=O) groups excluding carboxylic acids is 2. The molecule has 8 nitrogen and oxygen atoms in total. The zero-order valence-electron chi connectivity index (χ0n) is 20.9. The lowest BCUT2D eigenvalue weighted by atomic mass is 9.98. The van der Waals surface area contributed by atoms with E-state index in [1.165, 1.54) is 7.11 Å². The summed E-state index contributed by atoms with van der Waals surface area (Å²) >= 11 is 0. The van der Waals surface area contributed by atoms with Gasteiger partial charge in [0.25, 0.3) is 11.5 Å². The van der Waals surface area contributed by atoms with Crippen molar-refractivity contribution < 1.29 is 14.3 Å². The van der Waals surface area contributed by atoms with Gasteiger partial charge in [0.05, 0.1) is 30.3 Å². The number of esters is 1. The molecule has 186 valence electrons. The van der Waals surface area contributed by atoms with Crippen LogP contribution in [0.2, 0.25) is 0 Å². The van der Waals surface area contributed by atoms with Crippen molar-refractivity contribution in [1.29, 1.82) is 0 Å². The molecule has 0 aliphatic carbocycles. The van der Waals surface area contributed by atoms with Gasteiger partial charge in [-0.25, -0.2) is 4.68 Å². The van der Waals surface area contributed by atoms with Crippen LogP contribution in [0.25, 0.3) is 16.8 Å². The van der Waals surface area contributed by atoms with Gasteiger partial charge in [-0.1, -0.05) is 48.5 Å². The molecule has 4 rings (SSSR count). The Morgan fingerprint density at radius 1 is 0.917 bits per heavy atom. The van der Waals surface area contributed by atoms with Crippen LogP contribution in [-0.2, 0) is 29.5 Å². The minimum Gasteiger partial charge on any atom is -0.469 e. The lowest BCUT2D eigenvalue weighted by Gasteiger charge is -2.13. The lowest BCUT2D eigenvalue weighted by molar-refractivity contribution is -0.140. The number of nitrogens with two attached hydrogens (primary N) is 1. The van der Waals surface area contributed by atoms with Crippen LogP contribution in [0.4, 0.5) is 0 Å². The van der Waals surface area contributed by atoms with E-state index in [0.29, 0.717) is 40.4 Å². The number of nitrogens with zero attached hydrogens (tertiary/aromatic N) is 3. The molecular formula is C28H30N4O4. The summed E-state index contributed by atoms with van der Waals surface area (Å²) in [6, 6.07) is 19.1. The van der Waals surface area contributed by atoms with Crippen LogP contribution in [-0.4, -0.2) is 32.9 Å². The topological polar surface area (TPSA) is 101 Å². The first-order valence-electron chi connectivity index (χ1n) is 11.7. The molecule has 0 fully saturated rings. The molecule has 0 aliphatic heterocycles. The van der Waals surface area contributed by atoms with Gasteiger partial charge in [0.1, 0.15) is 0 Å². The van der Waals surface area contributed by atoms with Gasteiger partial charge in [-0.05, 0) is 38.0 Å². The zero-order chi connectivity index (χ0) is 26.0. The van der Waals surface area contributed by atoms with Crippen LogP contribution in [0, 0.1) is 13.8 Å². The first-order valence-corrected chi connectivity index (χ1v) is 11.7. The quantitative estimate of drug-likeness (QED) is 0.385. The highest BCUT2D eigenvalue weighted by molar-refractivity contribution is 6.02. The molecule has 0 radical (unpaired) electrons. The number of rotatable bonds is 8. The molecule has 0 spiro atoms. The Balaban J connectivity index is 2.02. The lowest BCUT2D eigenvalue weighted by Crippen LogP contribution is -2.21. The van der Waals surface area contributed by atoms with E-state index in [1.807, 2.05) is 79.1 Å². The van der Waals surface area contributed by atoms with Crippen LogP contribution in [0.3, 0.4) is 0 Å². The first kappa shape index (κ1) is 24.8. The normalized spacial score (nSPS) is 11.0. The molecule has 0 bridgehead atoms. The fourth-order valence-electron chi connectivity index (χ4n) is 4.79. The van der Waals surface area contributed by atoms with Crippen LogP contribution in [0.15, 0.2) is 65.5 Å². The number of carbonyl (C=O) groups is 2. The molecule has 0 saturated heterocycles. The third-order valence-corrected chi connectivity index (χ3v) is 6.66. The molecule has 2 aromatic carbocycles. The Hall–Kier alpha value is -4.33. The standard InChI is InChI=1S/C28H30N4O4/c1-18-25(28(35)32(30(18)3)21-13-9-6-10-14-21)26-22(15-16-23(33)36-4)31(19(2)24(26)27(29)34)17-20-11-7-5-8-12-20/h5-14H,15-17H2,1-4H3,(H2,29,34). The van der Waals surface area contributed by atoms with E-state index >= 15 is 0 Å². The second-order valence-electron chi connectivity index (χ2n) is 8.73. The Kier molecular flexibility index (Phi) is 6.96. The molecule has 8 heteroatoms. The number of amides is 1. The fourth-order valence-corrected chi connectivity index (χ4v) is 4.79. The highest BCUT2D eigenvalue weighted by atomic mass is 16.5. The summed E-state index contributed by atoms with van der Waals surface area (Å²) in [5.74, 6) is -0.999. The van der Waals surface area contributed by atoms with E-state index in [0.717, 1.165) is 5.56 Å². The number of para-hydroxylation sites is 1. The number of aromatic nitrogens is 3. The molecule has 36 heavy (non-hydrogen) atoms. The third kappa shape index (κ3) is 4.37. The van der Waals surface area contributed by atoms with Crippen molar-refractivity contribution in [3.05, 3.63) is 99.2 Å². The average molecular weight is 487 g/mol. The van der Waals surface area contributed by atoms with Gasteiger partial charge in [-0.3, -0.25) is 19.1 Å². The largest absolute Gasteiger partial charge is 0.469 e. The molecular weight excluding hydrogens is 456 g/mol. The highest BCUT2D eigenvalue weighted by Crippen LogP contribution is 2.35. The number of hydrogen-bond donors (Lipinski definition) is 1. The molecule has 0 unspecified atom stereocenters. The van der Waals surface area contributed by atoms with Crippen molar-refractivity contribution in [2.24, 2.45) is 12.8 Å². The van der Waals surface area contributed by atoms with E-state index in [4.69, 9.17) is 10.5 Å². The molecule has 1 amide bonds. The molecule has 0 atom stereocenters. The smallest absolute Gasteiger partial charge is 0.305 e. The van der Waals surface area contributed by atoms with Crippen molar-refractivity contribution in [3.63, 3.8) is 0 Å². The van der Waals surface area contributed by atoms with Crippen molar-refractivity contribution in [1.82, 2.24) is 13.9 Å². The van der Waals surface area contributed by atoms with Gasteiger partial charge in [0, 0.05) is 36.2 Å². The van der Waals surface area contributed by atoms with E-state index in [9.17, 15) is 14.4 Å². The molecule has 2 heterocycles. The monoisotopic (exact) mass is 486 g/mol. The van der Waals surface area contributed by atoms with Gasteiger partial charge in [0.15, 0.2) is 0 Å². The number of methoxy groups -OCH3 is 1. The SMILES string of the molecule is COC(=O)CCc1c(-c2c(C)n(C)n(-c3ccccc3)c2=O)c(C(N)=O)c(C)n1Cc1ccccc1. The van der Waals surface area contributed by atoms with Crippen molar-refractivity contribution >= 4 is 11.9 Å². The van der Waals surface area contributed by atoms with E-state index in [2.05, 4.69) is 0 Å². The maximum Gasteiger partial charge on any atom is 0.305 e. The summed E-state index contributed by atoms with van der Waals surface area (Å²) in [5.41, 5.74) is 10.6. The summed E-state index contributed by atoms with van der Waals surface area (Å²) in [5, 5.41) is 0. The predicted molar refractivity (Wildman–Crippen MR) is 138 cm³/mol. The van der Waals surface area contributed by atoms with Crippen molar-refractivity contribution in [3.8, 4) is 16.8 Å². The maximum absolute atomic E-state index is 13.9. The average Bonchev–Trinajstić information content (AvgIpc) is 3.26. The molecule has 4 aromatic rings. The highest BCUT2D eigenvalue weighted by Gasteiger charge is 2.30. The van der Waals surface area contributed by atoms with Gasteiger partial charge in [-0.2, -0.15) is 0 Å². The molecule has 2 aromatic heterocycles. The predicted octanol–water partition coefficient (Wildman–Crippen LogP) is 3.51. The third-order valence-electron chi connectivity index (χ3n) is 6.66. The van der Waals surface area contributed by atoms with Crippen molar-refractivity contribution in [2.45, 2.75) is 33.2 Å².